The van der Waals surface area contributed by atoms with Crippen molar-refractivity contribution >= 4 is 69.7 Å². The lowest BCUT2D eigenvalue weighted by Crippen LogP contribution is -2.56. The fourth-order valence-electron chi connectivity index (χ4n) is 0.911. The van der Waals surface area contributed by atoms with Crippen molar-refractivity contribution in [3.8, 4) is 0 Å². The molecule has 14 heteroatoms. The second-order valence-corrected chi connectivity index (χ2v) is 12.4. The smallest absolute Gasteiger partial charge is 0.330 e. The van der Waals surface area contributed by atoms with E-state index in [1.54, 1.807) is 0 Å². The predicted molar refractivity (Wildman–Crippen MR) is 115 cm³/mol. The molecule has 0 saturated carbocycles. The molecule has 0 aliphatic heterocycles. The van der Waals surface area contributed by atoms with Crippen LogP contribution < -0.4 is 0 Å². The van der Waals surface area contributed by atoms with Gasteiger partial charge in [0.25, 0.3) is 0 Å². The van der Waals surface area contributed by atoms with Gasteiger partial charge in [0.1, 0.15) is 5.41 Å². The van der Waals surface area contributed by atoms with Crippen LogP contribution >= 0.6 is 63.7 Å². The highest BCUT2D eigenvalue weighted by Gasteiger charge is 2.59. The average molecular weight is 674 g/mol. The first-order valence-electron chi connectivity index (χ1n) is 7.25. The maximum absolute atomic E-state index is 9.60. The summed E-state index contributed by atoms with van der Waals surface area (Å²) in [6, 6.07) is 0. The number of carboxylic acids is 1. The molecule has 0 aliphatic rings. The van der Waals surface area contributed by atoms with E-state index in [1.165, 1.54) is 6.92 Å². The van der Waals surface area contributed by atoms with Gasteiger partial charge in [0.05, 0.1) is 45.1 Å². The number of rotatable bonds is 9. The molecule has 0 saturated heterocycles. The van der Waals surface area contributed by atoms with Crippen LogP contribution in [0.25, 0.3) is 0 Å². The maximum atomic E-state index is 9.60. The number of carbonyl (C=O) groups is 1. The van der Waals surface area contributed by atoms with Gasteiger partial charge >= 0.3 is 5.97 Å². The fourth-order valence-corrected chi connectivity index (χ4v) is 4.13. The third-order valence-corrected chi connectivity index (χ3v) is 6.43. The molecular formula is C14H26Br4O10. The maximum Gasteiger partial charge on any atom is 0.330 e. The predicted octanol–water partition coefficient (Wildman–Crippen LogP) is -0.582. The zero-order valence-corrected chi connectivity index (χ0v) is 21.2. The Balaban J connectivity index is -0.000000362. The summed E-state index contributed by atoms with van der Waals surface area (Å²) < 4.78 is -3.64. The van der Waals surface area contributed by atoms with Crippen molar-refractivity contribution in [2.45, 2.75) is 13.8 Å². The van der Waals surface area contributed by atoms with Crippen LogP contribution in [0, 0.1) is 10.8 Å². The van der Waals surface area contributed by atoms with E-state index in [4.69, 9.17) is 35.7 Å². The van der Waals surface area contributed by atoms with Crippen molar-refractivity contribution in [3.05, 3.63) is 12.2 Å². The molecule has 0 aromatic rings. The number of alkyl halides is 4. The van der Waals surface area contributed by atoms with E-state index < -0.39 is 63.3 Å². The zero-order chi connectivity index (χ0) is 23.4. The number of hydrogen-bond acceptors (Lipinski definition) is 9. The number of aliphatic hydroxyl groups is 8. The largest absolute Gasteiger partial charge is 0.478 e. The van der Waals surface area contributed by atoms with Crippen LogP contribution in [0.1, 0.15) is 6.92 Å². The van der Waals surface area contributed by atoms with Crippen molar-refractivity contribution in [1.82, 2.24) is 0 Å². The molecule has 0 aromatic carbocycles. The minimum Gasteiger partial charge on any atom is -0.478 e. The van der Waals surface area contributed by atoms with Crippen molar-refractivity contribution in [1.29, 1.82) is 0 Å². The molecule has 0 unspecified atom stereocenters. The van der Waals surface area contributed by atoms with Gasteiger partial charge in [-0.1, -0.05) is 6.58 Å². The highest BCUT2D eigenvalue weighted by atomic mass is 79.9. The van der Waals surface area contributed by atoms with Gasteiger partial charge in [0, 0.05) is 5.57 Å². The summed E-state index contributed by atoms with van der Waals surface area (Å²) in [5, 5.41) is 79.1. The van der Waals surface area contributed by atoms with Crippen LogP contribution in [0.4, 0.5) is 0 Å². The molecule has 0 atom stereocenters. The molecule has 0 radical (unpaired) electrons. The Kier molecular flexibility index (Phi) is 17.6. The van der Waals surface area contributed by atoms with Crippen LogP contribution in [0.15, 0.2) is 12.2 Å². The lowest BCUT2D eigenvalue weighted by molar-refractivity contribution is -0.132. The first-order valence-corrected chi connectivity index (χ1v) is 10.4. The first-order chi connectivity index (χ1) is 12.5. The zero-order valence-electron chi connectivity index (χ0n) is 14.9. The minimum atomic E-state index is -1.82. The lowest BCUT2D eigenvalue weighted by Gasteiger charge is -2.43. The van der Waals surface area contributed by atoms with Gasteiger partial charge in [-0.3, -0.25) is 0 Å². The Hall–Kier alpha value is 0.810. The van der Waals surface area contributed by atoms with Crippen molar-refractivity contribution < 1.29 is 50.8 Å². The molecule has 0 fully saturated rings. The Bertz CT molecular complexity index is 409. The fraction of sp³-hybridized carbons (Fsp3) is 0.786. The Labute approximate surface area is 196 Å². The molecule has 0 bridgehead atoms. The van der Waals surface area contributed by atoms with Gasteiger partial charge in [0.15, 0.2) is 6.84 Å². The van der Waals surface area contributed by atoms with Crippen LogP contribution in [-0.2, 0) is 4.79 Å². The van der Waals surface area contributed by atoms with E-state index in [9.17, 15) is 15.0 Å². The quantitative estimate of drug-likeness (QED) is 0.113. The van der Waals surface area contributed by atoms with Gasteiger partial charge in [-0.2, -0.15) is 0 Å². The molecule has 0 amide bonds. The Morgan fingerprint density at radius 3 is 0.964 bits per heavy atom. The summed E-state index contributed by atoms with van der Waals surface area (Å²) in [5.41, 5.74) is -2.59. The summed E-state index contributed by atoms with van der Waals surface area (Å²) in [6.45, 7) is 1.65. The molecular weight excluding hydrogens is 648 g/mol. The van der Waals surface area contributed by atoms with E-state index in [0.717, 1.165) is 0 Å². The van der Waals surface area contributed by atoms with Crippen LogP contribution in [-0.4, -0.2) is 98.4 Å². The second kappa shape index (κ2) is 14.8. The molecule has 0 aromatic heterocycles. The summed E-state index contributed by atoms with van der Waals surface area (Å²) >= 11 is 11.2. The Morgan fingerprint density at radius 2 is 0.964 bits per heavy atom. The molecule has 0 spiro atoms. The van der Waals surface area contributed by atoms with E-state index in [1.807, 2.05) is 0 Å². The highest BCUT2D eigenvalue weighted by Crippen LogP contribution is 2.53. The average Bonchev–Trinajstić information content (AvgIpc) is 2.57. The van der Waals surface area contributed by atoms with Crippen molar-refractivity contribution in [2.24, 2.45) is 10.8 Å². The molecule has 28 heavy (non-hydrogen) atoms. The molecule has 170 valence electrons. The minimum absolute atomic E-state index is 0.176. The van der Waals surface area contributed by atoms with Crippen molar-refractivity contribution in [3.63, 3.8) is 0 Å². The van der Waals surface area contributed by atoms with Gasteiger partial charge in [0.2, 0.25) is 0 Å². The number of carboxylic acid groups (broad SMARTS) is 1. The normalized spacial score (nSPS) is 12.3. The van der Waals surface area contributed by atoms with Gasteiger partial charge < -0.3 is 46.0 Å². The van der Waals surface area contributed by atoms with Crippen LogP contribution in [0.5, 0.6) is 0 Å². The monoisotopic (exact) mass is 670 g/mol. The summed E-state index contributed by atoms with van der Waals surface area (Å²) in [6.07, 6.45) is 0. The number of aliphatic hydroxyl groups excluding tert-OH is 6. The SMILES string of the molecule is C=C(C)C(=O)O.OCC(CO)(C(O)(Br)Br)C(O)(Br)Br.OCC(CO)(CO)CO. The van der Waals surface area contributed by atoms with Gasteiger partial charge in [-0.15, -0.1) is 0 Å². The molecule has 0 rings (SSSR count). The van der Waals surface area contributed by atoms with Crippen LogP contribution in [0.3, 0.4) is 0 Å². The van der Waals surface area contributed by atoms with Gasteiger partial charge in [-0.05, 0) is 70.6 Å². The van der Waals surface area contributed by atoms with Crippen LogP contribution in [0.2, 0.25) is 0 Å². The second-order valence-electron chi connectivity index (χ2n) is 5.70. The number of aliphatic carboxylic acids is 1. The summed E-state index contributed by atoms with van der Waals surface area (Å²) in [5.74, 6) is -0.935. The first kappa shape index (κ1) is 33.4. The third-order valence-electron chi connectivity index (χ3n) is 3.40. The number of hydrogen-bond donors (Lipinski definition) is 9. The Morgan fingerprint density at radius 1 is 0.750 bits per heavy atom. The lowest BCUT2D eigenvalue weighted by atomic mass is 9.92. The van der Waals surface area contributed by atoms with E-state index in [-0.39, 0.29) is 5.57 Å². The molecule has 10 nitrogen and oxygen atoms in total. The summed E-state index contributed by atoms with van der Waals surface area (Å²) in [7, 11) is 0. The standard InChI is InChI=1S/C5H8Br4O4.C5H12O4.C4H6O2/c6-4(7,12)3(1-10,2-11)5(8,9)13;6-1-5(2-7,3-8)4-9;1-3(2)4(5)6/h10-13H,1-2H2;6-9H,1-4H2;1H2,2H3,(H,5,6). The van der Waals surface area contributed by atoms with E-state index >= 15 is 0 Å². The molecule has 9 N–H and O–H groups in total. The summed E-state index contributed by atoms with van der Waals surface area (Å²) in [4.78, 5) is 9.60. The number of halogens is 4. The topological polar surface area (TPSA) is 199 Å². The third kappa shape index (κ3) is 10.7. The molecule has 0 heterocycles. The van der Waals surface area contributed by atoms with Crippen molar-refractivity contribution in [2.75, 3.05) is 39.6 Å². The van der Waals surface area contributed by atoms with E-state index in [2.05, 4.69) is 70.3 Å². The van der Waals surface area contributed by atoms with E-state index in [0.29, 0.717) is 0 Å². The van der Waals surface area contributed by atoms with Gasteiger partial charge in [-0.25, -0.2) is 4.79 Å². The highest BCUT2D eigenvalue weighted by molar-refractivity contribution is 9.26. The molecule has 0 aliphatic carbocycles.